The van der Waals surface area contributed by atoms with Gasteiger partial charge < -0.3 is 20.8 Å². The monoisotopic (exact) mass is 814 g/mol. The Kier molecular flexibility index (Phi) is 9.64. The number of rotatable bonds is 10. The minimum atomic E-state index is -4.58. The van der Waals surface area contributed by atoms with Gasteiger partial charge in [0.15, 0.2) is 0 Å². The van der Waals surface area contributed by atoms with Crippen molar-refractivity contribution in [1.29, 1.82) is 0 Å². The molecule has 6 rings (SSSR count). The molecule has 17 nitrogen and oxygen atoms in total. The number of phenols is 2. The van der Waals surface area contributed by atoms with E-state index < -0.39 is 56.1 Å². The van der Waals surface area contributed by atoms with Crippen molar-refractivity contribution in [3.63, 3.8) is 0 Å². The van der Waals surface area contributed by atoms with E-state index in [4.69, 9.17) is 0 Å². The van der Waals surface area contributed by atoms with Gasteiger partial charge in [-0.05, 0) is 95.7 Å². The second-order valence-electron chi connectivity index (χ2n) is 11.6. The number of carbonyl (C=O) groups is 1. The first-order chi connectivity index (χ1) is 25.2. The van der Waals surface area contributed by atoms with Crippen LogP contribution in [0.3, 0.4) is 0 Å². The van der Waals surface area contributed by atoms with Gasteiger partial charge in [-0.2, -0.15) is 16.8 Å². The van der Waals surface area contributed by atoms with E-state index in [1.54, 1.807) is 0 Å². The third kappa shape index (κ3) is 8.30. The third-order valence-corrected chi connectivity index (χ3v) is 12.2. The summed E-state index contributed by atoms with van der Waals surface area (Å²) in [7, 11) is -17.9. The first kappa shape index (κ1) is 37.8. The number of amides is 2. The number of aromatic hydroxyl groups is 2. The first-order valence-electron chi connectivity index (χ1n) is 15.0. The molecule has 0 heterocycles. The molecule has 0 aromatic heterocycles. The summed E-state index contributed by atoms with van der Waals surface area (Å²) in [4.78, 5) is 11.3. The van der Waals surface area contributed by atoms with Crippen molar-refractivity contribution < 1.29 is 57.8 Å². The van der Waals surface area contributed by atoms with Gasteiger partial charge in [-0.3, -0.25) is 18.5 Å². The second-order valence-corrected chi connectivity index (χ2v) is 17.8. The molecule has 0 bridgehead atoms. The standard InChI is InChI=1S/C33H26N4O13S4/c38-31-17-23(11-19-13-27(53(45,46)47)7-9-29(19)31)36-51(41,42)25-5-1-3-21(15-25)34-33(40)35-22-4-2-6-26(16-22)52(43,44)37-24-12-20-14-28(54(48,49)50)8-10-30(20)32(39)18-24/h1-18,36-39H,(H2,34,35,40)(H,45,46,47)(H,48,49,50). The summed E-state index contributed by atoms with van der Waals surface area (Å²) in [6, 6.07) is 20.6. The molecular weight excluding hydrogens is 789 g/mol. The normalized spacial score (nSPS) is 12.3. The zero-order chi connectivity index (χ0) is 39.2. The summed E-state index contributed by atoms with van der Waals surface area (Å²) in [5.74, 6) is -0.756. The van der Waals surface area contributed by atoms with Crippen LogP contribution in [0.4, 0.5) is 27.5 Å². The fraction of sp³-hybridized carbons (Fsp3) is 0. The van der Waals surface area contributed by atoms with Crippen molar-refractivity contribution >= 4 is 90.6 Å². The number of phenolic OH excluding ortho intramolecular Hbond substituents is 2. The summed E-state index contributed by atoms with van der Waals surface area (Å²) >= 11 is 0. The average Bonchev–Trinajstić information content (AvgIpc) is 3.07. The van der Waals surface area contributed by atoms with Gasteiger partial charge in [0.25, 0.3) is 40.3 Å². The molecule has 0 unspecified atom stereocenters. The number of carbonyl (C=O) groups excluding carboxylic acids is 1. The van der Waals surface area contributed by atoms with Crippen molar-refractivity contribution in [2.45, 2.75) is 19.6 Å². The zero-order valence-corrected chi connectivity index (χ0v) is 30.3. The van der Waals surface area contributed by atoms with Crippen LogP contribution in [0.15, 0.2) is 129 Å². The number of fused-ring (bicyclic) bond motifs is 2. The molecule has 0 saturated heterocycles. The van der Waals surface area contributed by atoms with E-state index in [1.165, 1.54) is 60.7 Å². The molecule has 280 valence electrons. The largest absolute Gasteiger partial charge is 0.507 e. The Morgan fingerprint density at radius 2 is 0.833 bits per heavy atom. The Hall–Kier alpha value is -5.97. The Morgan fingerprint density at radius 3 is 1.20 bits per heavy atom. The van der Waals surface area contributed by atoms with Crippen LogP contribution in [0, 0.1) is 0 Å². The molecule has 0 spiro atoms. The minimum absolute atomic E-state index is 0.00763. The number of benzene rings is 6. The van der Waals surface area contributed by atoms with Crippen LogP contribution in [0.1, 0.15) is 0 Å². The highest BCUT2D eigenvalue weighted by atomic mass is 32.2. The molecular formula is C33H26N4O13S4. The second kappa shape index (κ2) is 13.8. The smallest absolute Gasteiger partial charge is 0.323 e. The predicted molar refractivity (Wildman–Crippen MR) is 198 cm³/mol. The van der Waals surface area contributed by atoms with E-state index in [0.29, 0.717) is 0 Å². The van der Waals surface area contributed by atoms with E-state index in [-0.39, 0.29) is 65.6 Å². The lowest BCUT2D eigenvalue weighted by Gasteiger charge is -2.13. The number of sulfonamides is 2. The number of anilines is 4. The van der Waals surface area contributed by atoms with Gasteiger partial charge in [0.2, 0.25) is 0 Å². The lowest BCUT2D eigenvalue weighted by molar-refractivity contribution is 0.262. The molecule has 0 aliphatic heterocycles. The van der Waals surface area contributed by atoms with E-state index >= 15 is 0 Å². The lowest BCUT2D eigenvalue weighted by atomic mass is 10.1. The van der Waals surface area contributed by atoms with Crippen LogP contribution in [0.5, 0.6) is 11.5 Å². The molecule has 6 aromatic carbocycles. The summed E-state index contributed by atoms with van der Waals surface area (Å²) < 4.78 is 122. The fourth-order valence-electron chi connectivity index (χ4n) is 5.30. The molecule has 0 saturated carbocycles. The lowest BCUT2D eigenvalue weighted by Crippen LogP contribution is -2.20. The maximum Gasteiger partial charge on any atom is 0.323 e. The maximum atomic E-state index is 13.2. The first-order valence-corrected chi connectivity index (χ1v) is 20.8. The van der Waals surface area contributed by atoms with E-state index in [9.17, 15) is 57.8 Å². The highest BCUT2D eigenvalue weighted by Crippen LogP contribution is 2.34. The van der Waals surface area contributed by atoms with Crippen molar-refractivity contribution in [1.82, 2.24) is 0 Å². The molecule has 0 radical (unpaired) electrons. The van der Waals surface area contributed by atoms with Gasteiger partial charge in [-0.15, -0.1) is 0 Å². The van der Waals surface area contributed by atoms with Crippen LogP contribution in [0.25, 0.3) is 21.5 Å². The van der Waals surface area contributed by atoms with Gasteiger partial charge in [0.1, 0.15) is 11.5 Å². The quantitative estimate of drug-likeness (QED) is 0.0833. The summed E-state index contributed by atoms with van der Waals surface area (Å²) in [6.07, 6.45) is 0. The zero-order valence-electron chi connectivity index (χ0n) is 27.0. The molecule has 6 aromatic rings. The molecule has 0 aliphatic rings. The van der Waals surface area contributed by atoms with E-state index in [1.807, 2.05) is 0 Å². The number of urea groups is 1. The maximum absolute atomic E-state index is 13.2. The molecule has 0 atom stereocenters. The average molecular weight is 815 g/mol. The van der Waals surface area contributed by atoms with Gasteiger partial charge in [-0.1, -0.05) is 12.1 Å². The third-order valence-electron chi connectivity index (χ3n) is 7.71. The van der Waals surface area contributed by atoms with Crippen molar-refractivity contribution in [3.8, 4) is 11.5 Å². The summed E-state index contributed by atoms with van der Waals surface area (Å²) in [5, 5.41) is 26.3. The number of hydrogen-bond donors (Lipinski definition) is 8. The highest BCUT2D eigenvalue weighted by molar-refractivity contribution is 7.93. The van der Waals surface area contributed by atoms with Crippen LogP contribution in [-0.4, -0.2) is 59.0 Å². The van der Waals surface area contributed by atoms with Gasteiger partial charge in [-0.25, -0.2) is 21.6 Å². The Balaban J connectivity index is 1.16. The van der Waals surface area contributed by atoms with E-state index in [2.05, 4.69) is 20.1 Å². The molecule has 0 fully saturated rings. The molecule has 21 heteroatoms. The Morgan fingerprint density at radius 1 is 0.444 bits per heavy atom. The topological polar surface area (TPSA) is 283 Å². The van der Waals surface area contributed by atoms with Crippen LogP contribution >= 0.6 is 0 Å². The van der Waals surface area contributed by atoms with Crippen LogP contribution in [0.2, 0.25) is 0 Å². The summed E-state index contributed by atoms with van der Waals surface area (Å²) in [5.41, 5.74) is -0.269. The SMILES string of the molecule is O=C(Nc1cccc(S(=O)(=O)Nc2cc(O)c3ccc(S(=O)(=O)O)cc3c2)c1)Nc1cccc(S(=O)(=O)Nc2cc(O)c3ccc(S(=O)(=O)O)cc3c2)c1. The van der Waals surface area contributed by atoms with Gasteiger partial charge in [0, 0.05) is 34.3 Å². The van der Waals surface area contributed by atoms with Crippen molar-refractivity contribution in [2.24, 2.45) is 0 Å². The van der Waals surface area contributed by atoms with Crippen molar-refractivity contribution in [3.05, 3.63) is 109 Å². The molecule has 8 N–H and O–H groups in total. The van der Waals surface area contributed by atoms with Gasteiger partial charge in [0.05, 0.1) is 31.0 Å². The molecule has 54 heavy (non-hydrogen) atoms. The Bertz CT molecular complexity index is 2770. The number of nitrogens with one attached hydrogen (secondary N) is 4. The minimum Gasteiger partial charge on any atom is -0.507 e. The highest BCUT2D eigenvalue weighted by Gasteiger charge is 2.20. The van der Waals surface area contributed by atoms with Crippen LogP contribution < -0.4 is 20.1 Å². The number of hydrogen-bond acceptors (Lipinski definition) is 11. The summed E-state index contributed by atoms with van der Waals surface area (Å²) in [6.45, 7) is 0. The van der Waals surface area contributed by atoms with Crippen LogP contribution in [-0.2, 0) is 40.3 Å². The predicted octanol–water partition coefficient (Wildman–Crippen LogP) is 5.14. The fourth-order valence-corrected chi connectivity index (χ4v) is 8.50. The Labute approximate surface area is 307 Å². The molecule has 2 amide bonds. The van der Waals surface area contributed by atoms with Gasteiger partial charge >= 0.3 is 6.03 Å². The van der Waals surface area contributed by atoms with Crippen molar-refractivity contribution in [2.75, 3.05) is 20.1 Å². The molecule has 0 aliphatic carbocycles. The van der Waals surface area contributed by atoms with E-state index in [0.717, 1.165) is 48.5 Å².